The number of carbonyl (C=O) groups is 3. The first kappa shape index (κ1) is 29.9. The normalized spacial score (nSPS) is 14.6. The van der Waals surface area contributed by atoms with Crippen LogP contribution in [0.3, 0.4) is 0 Å². The van der Waals surface area contributed by atoms with Crippen LogP contribution in [0.2, 0.25) is 0 Å². The third kappa shape index (κ3) is 6.77. The molecule has 0 spiro atoms. The van der Waals surface area contributed by atoms with Crippen LogP contribution in [0, 0.1) is 5.41 Å². The highest BCUT2D eigenvalue weighted by Gasteiger charge is 2.51. The Labute approximate surface area is 249 Å². The fourth-order valence-electron chi connectivity index (χ4n) is 4.56. The number of carbonyl (C=O) groups excluding carboxylic acids is 1. The molecule has 4 N–H and O–H groups in total. The maximum Gasteiger partial charge on any atom is 0.323 e. The zero-order chi connectivity index (χ0) is 30.8. The van der Waals surface area contributed by atoms with Gasteiger partial charge >= 0.3 is 11.9 Å². The van der Waals surface area contributed by atoms with E-state index < -0.39 is 45.9 Å². The van der Waals surface area contributed by atoms with Crippen molar-refractivity contribution < 1.29 is 37.8 Å². The lowest BCUT2D eigenvalue weighted by molar-refractivity contribution is -0.145. The van der Waals surface area contributed by atoms with Crippen molar-refractivity contribution in [3.05, 3.63) is 92.9 Å². The number of rotatable bonds is 13. The molecule has 2 aromatic carbocycles. The number of carboxylic acids is 2. The Morgan fingerprint density at radius 1 is 1.05 bits per heavy atom. The Kier molecular flexibility index (Phi) is 8.35. The Balaban J connectivity index is 1.54. The zero-order valence-corrected chi connectivity index (χ0v) is 24.2. The quantitative estimate of drug-likeness (QED) is 0.174. The molecule has 0 saturated heterocycles. The Hall–Kier alpha value is -4.53. The Morgan fingerprint density at radius 2 is 1.81 bits per heavy atom. The van der Waals surface area contributed by atoms with Gasteiger partial charge < -0.3 is 24.8 Å². The number of nitrogens with one attached hydrogen (secondary N) is 2. The number of amides is 1. The number of hydrogen-bond acceptors (Lipinski definition) is 8. The molecule has 0 aliphatic heterocycles. The molecule has 0 radical (unpaired) electrons. The number of hydrogen-bond donors (Lipinski definition) is 4. The predicted molar refractivity (Wildman–Crippen MR) is 156 cm³/mol. The first-order valence-corrected chi connectivity index (χ1v) is 15.5. The molecule has 14 heteroatoms. The van der Waals surface area contributed by atoms with Crippen molar-refractivity contribution in [3.63, 3.8) is 0 Å². The summed E-state index contributed by atoms with van der Waals surface area (Å²) in [6.45, 7) is -0.983. The predicted octanol–water partition coefficient (Wildman–Crippen LogP) is 2.97. The molecule has 1 amide bonds. The number of aromatic amines is 1. The van der Waals surface area contributed by atoms with E-state index in [9.17, 15) is 37.8 Å². The van der Waals surface area contributed by atoms with Gasteiger partial charge in [0.1, 0.15) is 30.4 Å². The minimum atomic E-state index is -4.42. The first-order valence-electron chi connectivity index (χ1n) is 13.1. The molecule has 12 nitrogen and oxygen atoms in total. The Morgan fingerprint density at radius 3 is 2.49 bits per heavy atom. The van der Waals surface area contributed by atoms with Crippen molar-refractivity contribution in [3.8, 4) is 5.75 Å². The van der Waals surface area contributed by atoms with Crippen LogP contribution in [0.4, 0.5) is 0 Å². The van der Waals surface area contributed by atoms with E-state index in [2.05, 4.69) is 9.71 Å². The largest absolute Gasteiger partial charge is 0.492 e. The molecule has 1 fully saturated rings. The van der Waals surface area contributed by atoms with Crippen molar-refractivity contribution in [1.29, 1.82) is 0 Å². The standard InChI is InChI=1S/C29H27N3O9S2/c33-24-10-7-18-14-20(8-9-22(18)30-24)43(39,40)31-26(27(36)32(16-25(34)35)15-19-4-3-13-42-19)21-5-1-2-6-23(21)41-17-29(11-12-29)28(37)38/h1-10,13-14,26,31H,11-12,15-17H2,(H,30,33)(H,34,35)(H,37,38)/t26-/m1/s1. The summed E-state index contributed by atoms with van der Waals surface area (Å²) in [7, 11) is -4.42. The third-order valence-corrected chi connectivity index (χ3v) is 9.41. The van der Waals surface area contributed by atoms with Gasteiger partial charge in [-0.1, -0.05) is 24.3 Å². The fourth-order valence-corrected chi connectivity index (χ4v) is 6.48. The van der Waals surface area contributed by atoms with Crippen LogP contribution < -0.4 is 15.0 Å². The number of nitrogens with zero attached hydrogens (tertiary/aromatic N) is 1. The number of thiophene rings is 1. The van der Waals surface area contributed by atoms with Gasteiger partial charge in [-0.25, -0.2) is 8.42 Å². The fraction of sp³-hybridized carbons (Fsp3) is 0.241. The van der Waals surface area contributed by atoms with Gasteiger partial charge in [-0.05, 0) is 60.0 Å². The highest BCUT2D eigenvalue weighted by atomic mass is 32.2. The number of ether oxygens (including phenoxy) is 1. The molecule has 224 valence electrons. The summed E-state index contributed by atoms with van der Waals surface area (Å²) < 4.78 is 35.8. The number of benzene rings is 2. The number of carboxylic acid groups (broad SMARTS) is 2. The van der Waals surface area contributed by atoms with Gasteiger partial charge in [-0.3, -0.25) is 19.2 Å². The van der Waals surface area contributed by atoms with Gasteiger partial charge in [-0.2, -0.15) is 4.72 Å². The number of pyridine rings is 1. The molecule has 2 heterocycles. The molecule has 1 aliphatic carbocycles. The number of fused-ring (bicyclic) bond motifs is 1. The highest BCUT2D eigenvalue weighted by Crippen LogP contribution is 2.46. The van der Waals surface area contributed by atoms with E-state index in [4.69, 9.17) is 4.74 Å². The second-order valence-corrected chi connectivity index (χ2v) is 13.0. The molecular formula is C29H27N3O9S2. The van der Waals surface area contributed by atoms with Crippen LogP contribution in [0.25, 0.3) is 10.9 Å². The second-order valence-electron chi connectivity index (χ2n) is 10.2. The number of sulfonamides is 1. The first-order chi connectivity index (χ1) is 20.5. The van der Waals surface area contributed by atoms with Gasteiger partial charge in [0.2, 0.25) is 21.5 Å². The summed E-state index contributed by atoms with van der Waals surface area (Å²) >= 11 is 1.31. The number of para-hydroxylation sites is 1. The van der Waals surface area contributed by atoms with E-state index in [0.717, 1.165) is 4.90 Å². The summed E-state index contributed by atoms with van der Waals surface area (Å²) in [5.41, 5.74) is -0.923. The molecule has 0 bridgehead atoms. The molecule has 4 aromatic rings. The topological polar surface area (TPSA) is 183 Å². The monoisotopic (exact) mass is 625 g/mol. The van der Waals surface area contributed by atoms with Crippen LogP contribution in [0.1, 0.15) is 29.3 Å². The van der Waals surface area contributed by atoms with E-state index >= 15 is 0 Å². The van der Waals surface area contributed by atoms with Crippen LogP contribution in [-0.4, -0.2) is 59.5 Å². The molecular weight excluding hydrogens is 598 g/mol. The van der Waals surface area contributed by atoms with Crippen LogP contribution in [0.15, 0.2) is 81.8 Å². The Bertz CT molecular complexity index is 1850. The van der Waals surface area contributed by atoms with Crippen LogP contribution >= 0.6 is 11.3 Å². The number of aromatic nitrogens is 1. The number of H-pyrrole nitrogens is 1. The van der Waals surface area contributed by atoms with Crippen molar-refractivity contribution in [2.45, 2.75) is 30.3 Å². The van der Waals surface area contributed by atoms with Gasteiger partial charge in [0, 0.05) is 22.0 Å². The average molecular weight is 626 g/mol. The van der Waals surface area contributed by atoms with Crippen molar-refractivity contribution in [1.82, 2.24) is 14.6 Å². The summed E-state index contributed by atoms with van der Waals surface area (Å²) in [6, 6.07) is 14.7. The number of aliphatic carboxylic acids is 2. The van der Waals surface area contributed by atoms with E-state index in [0.29, 0.717) is 28.6 Å². The lowest BCUT2D eigenvalue weighted by Gasteiger charge is -2.28. The van der Waals surface area contributed by atoms with Crippen molar-refractivity contribution in [2.24, 2.45) is 5.41 Å². The van der Waals surface area contributed by atoms with E-state index in [1.54, 1.807) is 29.6 Å². The smallest absolute Gasteiger partial charge is 0.323 e. The van der Waals surface area contributed by atoms with Crippen molar-refractivity contribution >= 4 is 50.1 Å². The summed E-state index contributed by atoms with van der Waals surface area (Å²) in [5.74, 6) is -3.07. The molecule has 1 aliphatic rings. The maximum atomic E-state index is 14.1. The molecule has 5 rings (SSSR count). The summed E-state index contributed by atoms with van der Waals surface area (Å²) in [4.78, 5) is 53.4. The van der Waals surface area contributed by atoms with Crippen molar-refractivity contribution in [2.75, 3.05) is 13.2 Å². The molecule has 43 heavy (non-hydrogen) atoms. The highest BCUT2D eigenvalue weighted by molar-refractivity contribution is 7.89. The van der Waals surface area contributed by atoms with Gasteiger partial charge in [0.15, 0.2) is 0 Å². The van der Waals surface area contributed by atoms with E-state index in [-0.39, 0.29) is 34.9 Å². The molecule has 1 saturated carbocycles. The second kappa shape index (κ2) is 12.0. The zero-order valence-electron chi connectivity index (χ0n) is 22.6. The molecule has 0 unspecified atom stereocenters. The summed E-state index contributed by atoms with van der Waals surface area (Å²) in [5, 5.41) is 21.4. The maximum absolute atomic E-state index is 14.1. The van der Waals surface area contributed by atoms with Crippen LogP contribution in [-0.2, 0) is 31.0 Å². The minimum Gasteiger partial charge on any atom is -0.492 e. The average Bonchev–Trinajstić information content (AvgIpc) is 3.60. The van der Waals surface area contributed by atoms with Gasteiger partial charge in [0.05, 0.1) is 11.4 Å². The minimum absolute atomic E-state index is 0.0820. The lowest BCUT2D eigenvalue weighted by atomic mass is 10.0. The van der Waals surface area contributed by atoms with Gasteiger partial charge in [-0.15, -0.1) is 11.3 Å². The lowest BCUT2D eigenvalue weighted by Crippen LogP contribution is -2.44. The van der Waals surface area contributed by atoms with Crippen LogP contribution in [0.5, 0.6) is 5.75 Å². The third-order valence-electron chi connectivity index (χ3n) is 7.13. The van der Waals surface area contributed by atoms with E-state index in [1.165, 1.54) is 53.8 Å². The molecule has 2 aromatic heterocycles. The summed E-state index contributed by atoms with van der Waals surface area (Å²) in [6.07, 6.45) is 0.833. The molecule has 1 atom stereocenters. The van der Waals surface area contributed by atoms with E-state index in [1.807, 2.05) is 0 Å². The van der Waals surface area contributed by atoms with Gasteiger partial charge in [0.25, 0.3) is 0 Å². The SMILES string of the molecule is O=C(O)CN(Cc1cccs1)C(=O)[C@H](NS(=O)(=O)c1ccc2[nH]c(=O)ccc2c1)c1ccccc1OCC1(C(=O)O)CC1.